The van der Waals surface area contributed by atoms with E-state index in [-0.39, 0.29) is 0 Å². The van der Waals surface area contributed by atoms with Crippen LogP contribution in [0.2, 0.25) is 0 Å². The lowest BCUT2D eigenvalue weighted by atomic mass is 10.4. The number of hydrogen-bond acceptors (Lipinski definition) is 1. The lowest BCUT2D eigenvalue weighted by Crippen LogP contribution is -1.97. The highest BCUT2D eigenvalue weighted by Crippen LogP contribution is 1.96. The summed E-state index contributed by atoms with van der Waals surface area (Å²) in [4.78, 5) is 1.12. The highest BCUT2D eigenvalue weighted by atomic mass is 15.5. The molecule has 0 atom stereocenters. The zero-order valence-corrected chi connectivity index (χ0v) is 4.97. The Bertz CT molecular complexity index is 170. The minimum Gasteiger partial charge on any atom is -0.205 e. The second-order valence-corrected chi connectivity index (χ2v) is 1.84. The Morgan fingerprint density at radius 2 is 2.25 bits per heavy atom. The maximum atomic E-state index is 7.05. The molecular weight excluding hydrogens is 102 g/mol. The Balaban J connectivity index is 3.14. The monoisotopic (exact) mass is 110 g/mol. The average molecular weight is 110 g/mol. The molecule has 0 bridgehead atoms. The van der Waals surface area contributed by atoms with Crippen molar-refractivity contribution in [2.24, 2.45) is 0 Å². The van der Waals surface area contributed by atoms with Gasteiger partial charge in [0, 0.05) is 0 Å². The largest absolute Gasteiger partial charge is 0.205 e. The van der Waals surface area contributed by atoms with E-state index in [0.717, 1.165) is 16.2 Å². The third kappa shape index (κ3) is 0.665. The molecule has 0 fully saturated rings. The van der Waals surface area contributed by atoms with Crippen LogP contribution in [0.15, 0.2) is 6.07 Å². The Morgan fingerprint density at radius 1 is 1.62 bits per heavy atom. The summed E-state index contributed by atoms with van der Waals surface area (Å²) in [5.41, 5.74) is 1.78. The fourth-order valence-electron chi connectivity index (χ4n) is 0.629. The predicted molar refractivity (Wildman–Crippen MR) is 30.2 cm³/mol. The van der Waals surface area contributed by atoms with Gasteiger partial charge in [0.2, 0.25) is 0 Å². The van der Waals surface area contributed by atoms with Gasteiger partial charge in [-0.3, -0.25) is 0 Å². The van der Waals surface area contributed by atoms with E-state index in [4.69, 9.17) is 5.84 Å². The molecule has 3 nitrogen and oxygen atoms in total. The normalized spacial score (nSPS) is 9.75. The van der Waals surface area contributed by atoms with Crippen molar-refractivity contribution >= 4 is 0 Å². The molecule has 1 N–H and O–H groups in total. The molecule has 0 aliphatic rings. The molecule has 0 aromatic carbocycles. The summed E-state index contributed by atoms with van der Waals surface area (Å²) in [5.74, 6) is 7.05. The zero-order chi connectivity index (χ0) is 6.15. The Kier molecular flexibility index (Phi) is 0.970. The molecule has 1 heterocycles. The minimum absolute atomic E-state index is 0.877. The molecule has 0 aliphatic heterocycles. The molecule has 0 aliphatic carbocycles. The maximum absolute atomic E-state index is 7.05. The van der Waals surface area contributed by atoms with Crippen LogP contribution in [0.5, 0.6) is 0 Å². The van der Waals surface area contributed by atoms with Crippen LogP contribution in [0.4, 0.5) is 0 Å². The topological polar surface area (TPSA) is 41.6 Å². The summed E-state index contributed by atoms with van der Waals surface area (Å²) in [7, 11) is 0. The number of aryl methyl sites for hydroxylation is 2. The third-order valence-corrected chi connectivity index (χ3v) is 1.01. The van der Waals surface area contributed by atoms with Crippen molar-refractivity contribution < 1.29 is 0 Å². The van der Waals surface area contributed by atoms with E-state index in [0.29, 0.717) is 0 Å². The Morgan fingerprint density at radius 3 is 2.38 bits per heavy atom. The molecule has 3 heteroatoms. The van der Waals surface area contributed by atoms with Crippen LogP contribution in [0.3, 0.4) is 0 Å². The molecule has 8 heavy (non-hydrogen) atoms. The van der Waals surface area contributed by atoms with E-state index in [9.17, 15) is 0 Å². The van der Waals surface area contributed by atoms with Crippen molar-refractivity contribution in [3.05, 3.63) is 17.5 Å². The van der Waals surface area contributed by atoms with Gasteiger partial charge in [0.15, 0.2) is 0 Å². The van der Waals surface area contributed by atoms with E-state index in [1.54, 1.807) is 0 Å². The fraction of sp³-hybridized carbons (Fsp3) is 0.400. The Hall–Kier alpha value is -0.990. The minimum atomic E-state index is 0.877. The average Bonchev–Trinajstić information content (AvgIpc) is 1.85. The van der Waals surface area contributed by atoms with Gasteiger partial charge in [-0.05, 0) is 19.9 Å². The summed E-state index contributed by atoms with van der Waals surface area (Å²) in [6, 6.07) is 1.87. The second-order valence-electron chi connectivity index (χ2n) is 1.84. The van der Waals surface area contributed by atoms with Crippen molar-refractivity contribution in [2.75, 3.05) is 0 Å². The first kappa shape index (κ1) is 5.15. The van der Waals surface area contributed by atoms with E-state index in [1.807, 2.05) is 19.9 Å². The molecule has 0 spiro atoms. The van der Waals surface area contributed by atoms with Gasteiger partial charge in [0.25, 0.3) is 0 Å². The highest BCUT2D eigenvalue weighted by Gasteiger charge is 1.93. The molecule has 0 saturated heterocycles. The molecule has 0 unspecified atom stereocenters. The molecule has 0 amide bonds. The van der Waals surface area contributed by atoms with Gasteiger partial charge in [-0.25, -0.2) is 5.84 Å². The maximum Gasteiger partial charge on any atom is 0.0618 e. The number of nitrogens with zero attached hydrogens (tertiary/aromatic N) is 2. The van der Waals surface area contributed by atoms with Crippen LogP contribution in [0.1, 0.15) is 11.4 Å². The molecular formula is C5H8N3. The molecule has 0 saturated carbocycles. The zero-order valence-electron chi connectivity index (χ0n) is 4.97. The standard InChI is InChI=1S/C5H8N3/c1-4-3-5(2)8(6)7-4/h3,6H,1-2H3. The summed E-state index contributed by atoms with van der Waals surface area (Å²) in [5, 5.41) is 3.79. The van der Waals surface area contributed by atoms with Crippen LogP contribution >= 0.6 is 0 Å². The predicted octanol–water partition coefficient (Wildman–Crippen LogP) is 0.546. The number of hydrogen-bond donors (Lipinski definition) is 0. The fourth-order valence-corrected chi connectivity index (χ4v) is 0.629. The van der Waals surface area contributed by atoms with Crippen molar-refractivity contribution in [2.45, 2.75) is 13.8 Å². The van der Waals surface area contributed by atoms with Gasteiger partial charge in [0.05, 0.1) is 11.4 Å². The molecule has 1 radical (unpaired) electrons. The van der Waals surface area contributed by atoms with Gasteiger partial charge < -0.3 is 0 Å². The second kappa shape index (κ2) is 1.51. The van der Waals surface area contributed by atoms with E-state index >= 15 is 0 Å². The van der Waals surface area contributed by atoms with Gasteiger partial charge in [-0.1, -0.05) is 0 Å². The summed E-state index contributed by atoms with van der Waals surface area (Å²) >= 11 is 0. The first-order chi connectivity index (χ1) is 3.70. The van der Waals surface area contributed by atoms with Crippen LogP contribution in [-0.2, 0) is 0 Å². The van der Waals surface area contributed by atoms with Crippen molar-refractivity contribution in [1.29, 1.82) is 0 Å². The van der Waals surface area contributed by atoms with Crippen molar-refractivity contribution in [3.8, 4) is 0 Å². The number of nitrogens with one attached hydrogen (secondary N) is 1. The summed E-state index contributed by atoms with van der Waals surface area (Å²) in [6.07, 6.45) is 0. The van der Waals surface area contributed by atoms with Gasteiger partial charge in [-0.2, -0.15) is 9.89 Å². The number of rotatable bonds is 0. The number of aromatic nitrogens is 2. The summed E-state index contributed by atoms with van der Waals surface area (Å²) < 4.78 is 0. The van der Waals surface area contributed by atoms with Gasteiger partial charge >= 0.3 is 0 Å². The SMILES string of the molecule is Cc1cc(C)n([NH])n1. The van der Waals surface area contributed by atoms with Crippen LogP contribution in [-0.4, -0.2) is 9.89 Å². The molecule has 1 aromatic heterocycles. The first-order valence-electron chi connectivity index (χ1n) is 2.45. The van der Waals surface area contributed by atoms with Crippen molar-refractivity contribution in [3.63, 3.8) is 0 Å². The highest BCUT2D eigenvalue weighted by molar-refractivity contribution is 5.05. The van der Waals surface area contributed by atoms with Crippen LogP contribution in [0, 0.1) is 13.8 Å². The molecule has 1 aromatic rings. The summed E-state index contributed by atoms with van der Waals surface area (Å²) in [6.45, 7) is 3.73. The molecule has 43 valence electrons. The van der Waals surface area contributed by atoms with E-state index in [2.05, 4.69) is 5.10 Å². The van der Waals surface area contributed by atoms with Crippen molar-refractivity contribution in [1.82, 2.24) is 15.7 Å². The van der Waals surface area contributed by atoms with Crippen LogP contribution < -0.4 is 5.84 Å². The van der Waals surface area contributed by atoms with E-state index in [1.165, 1.54) is 0 Å². The van der Waals surface area contributed by atoms with Gasteiger partial charge in [0.1, 0.15) is 0 Å². The Labute approximate surface area is 48.1 Å². The third-order valence-electron chi connectivity index (χ3n) is 1.01. The lowest BCUT2D eigenvalue weighted by Gasteiger charge is -1.85. The quantitative estimate of drug-likeness (QED) is 0.480. The molecule has 1 rings (SSSR count). The van der Waals surface area contributed by atoms with Gasteiger partial charge in [-0.15, -0.1) is 0 Å². The van der Waals surface area contributed by atoms with Crippen LogP contribution in [0.25, 0.3) is 0 Å². The lowest BCUT2D eigenvalue weighted by molar-refractivity contribution is 0.677. The smallest absolute Gasteiger partial charge is 0.0618 e. The van der Waals surface area contributed by atoms with E-state index < -0.39 is 0 Å². The first-order valence-corrected chi connectivity index (χ1v) is 2.45.